The van der Waals surface area contributed by atoms with Gasteiger partial charge in [0.1, 0.15) is 0 Å². The fraction of sp³-hybridized carbons (Fsp3) is 0.588. The van der Waals surface area contributed by atoms with Crippen LogP contribution in [-0.2, 0) is 6.42 Å². The topological polar surface area (TPSA) is 44.4 Å². The third-order valence-corrected chi connectivity index (χ3v) is 4.76. The second kappa shape index (κ2) is 6.48. The highest BCUT2D eigenvalue weighted by Gasteiger charge is 2.25. The minimum Gasteiger partial charge on any atom is -0.341 e. The van der Waals surface area contributed by atoms with E-state index in [9.17, 15) is 4.79 Å². The number of likely N-dealkylation sites (tertiary alicyclic amines) is 1. The predicted octanol–water partition coefficient (Wildman–Crippen LogP) is 2.95. The first-order chi connectivity index (χ1) is 10.3. The van der Waals surface area contributed by atoms with Crippen LogP contribution in [0.1, 0.15) is 42.7 Å². The van der Waals surface area contributed by atoms with Gasteiger partial charge in [0.15, 0.2) is 0 Å². The smallest absolute Gasteiger partial charge is 0.318 e. The first-order valence-electron chi connectivity index (χ1n) is 8.10. The monoisotopic (exact) mass is 287 g/mol. The SMILES string of the molecule is CNC(=O)Nc1ccc2c(c1)C(CN1CCCCC1)CC2. The normalized spacial score (nSPS) is 21.9. The summed E-state index contributed by atoms with van der Waals surface area (Å²) < 4.78 is 0. The van der Waals surface area contributed by atoms with Gasteiger partial charge in [-0.25, -0.2) is 4.79 Å². The van der Waals surface area contributed by atoms with E-state index in [0.29, 0.717) is 5.92 Å². The third kappa shape index (κ3) is 3.38. The summed E-state index contributed by atoms with van der Waals surface area (Å²) in [5.41, 5.74) is 3.80. The summed E-state index contributed by atoms with van der Waals surface area (Å²) in [5, 5.41) is 5.48. The third-order valence-electron chi connectivity index (χ3n) is 4.76. The molecule has 1 heterocycles. The molecule has 0 aromatic heterocycles. The second-order valence-electron chi connectivity index (χ2n) is 6.21. The number of fused-ring (bicyclic) bond motifs is 1. The Morgan fingerprint density at radius 3 is 2.86 bits per heavy atom. The predicted molar refractivity (Wildman–Crippen MR) is 85.9 cm³/mol. The molecule has 2 aliphatic rings. The Bertz CT molecular complexity index is 509. The van der Waals surface area contributed by atoms with Crippen molar-refractivity contribution >= 4 is 11.7 Å². The first kappa shape index (κ1) is 14.4. The minimum atomic E-state index is -0.152. The first-order valence-corrected chi connectivity index (χ1v) is 8.10. The van der Waals surface area contributed by atoms with Crippen LogP contribution < -0.4 is 10.6 Å². The zero-order chi connectivity index (χ0) is 14.7. The number of anilines is 1. The summed E-state index contributed by atoms with van der Waals surface area (Å²) in [6.07, 6.45) is 6.50. The van der Waals surface area contributed by atoms with Gasteiger partial charge in [-0.3, -0.25) is 0 Å². The molecule has 0 bridgehead atoms. The Morgan fingerprint density at radius 2 is 2.10 bits per heavy atom. The fourth-order valence-corrected chi connectivity index (χ4v) is 3.60. The molecule has 1 atom stereocenters. The van der Waals surface area contributed by atoms with Crippen LogP contribution in [0.5, 0.6) is 0 Å². The molecule has 4 nitrogen and oxygen atoms in total. The zero-order valence-electron chi connectivity index (χ0n) is 12.8. The van der Waals surface area contributed by atoms with E-state index < -0.39 is 0 Å². The number of piperidine rings is 1. The van der Waals surface area contributed by atoms with Crippen molar-refractivity contribution in [3.63, 3.8) is 0 Å². The number of carbonyl (C=O) groups excluding carboxylic acids is 1. The van der Waals surface area contributed by atoms with Gasteiger partial charge >= 0.3 is 6.03 Å². The molecule has 1 saturated heterocycles. The largest absolute Gasteiger partial charge is 0.341 e. The summed E-state index contributed by atoms with van der Waals surface area (Å²) in [6, 6.07) is 6.21. The molecule has 3 rings (SSSR count). The van der Waals surface area contributed by atoms with Crippen LogP contribution in [0, 0.1) is 0 Å². The van der Waals surface area contributed by atoms with Gasteiger partial charge in [0.2, 0.25) is 0 Å². The summed E-state index contributed by atoms with van der Waals surface area (Å²) >= 11 is 0. The van der Waals surface area contributed by atoms with E-state index in [1.165, 1.54) is 62.9 Å². The van der Waals surface area contributed by atoms with Crippen molar-refractivity contribution in [2.75, 3.05) is 32.0 Å². The maximum Gasteiger partial charge on any atom is 0.318 e. The van der Waals surface area contributed by atoms with Crippen LogP contribution >= 0.6 is 0 Å². The van der Waals surface area contributed by atoms with E-state index >= 15 is 0 Å². The van der Waals surface area contributed by atoms with Crippen LogP contribution in [0.25, 0.3) is 0 Å². The Morgan fingerprint density at radius 1 is 1.29 bits per heavy atom. The van der Waals surface area contributed by atoms with Gasteiger partial charge in [-0.1, -0.05) is 12.5 Å². The molecule has 0 spiro atoms. The Hall–Kier alpha value is -1.55. The summed E-state index contributed by atoms with van der Waals surface area (Å²) in [7, 11) is 1.64. The standard InChI is InChI=1S/C17H25N3O/c1-18-17(21)19-15-8-7-13-5-6-14(16(13)11-15)12-20-9-3-2-4-10-20/h7-8,11,14H,2-6,9-10,12H2,1H3,(H2,18,19,21). The number of benzene rings is 1. The molecule has 1 aliphatic heterocycles. The lowest BCUT2D eigenvalue weighted by atomic mass is 9.99. The molecule has 4 heteroatoms. The van der Waals surface area contributed by atoms with Crippen LogP contribution in [0.15, 0.2) is 18.2 Å². The highest BCUT2D eigenvalue weighted by molar-refractivity contribution is 5.89. The van der Waals surface area contributed by atoms with Gasteiger partial charge in [-0.2, -0.15) is 0 Å². The molecule has 0 saturated carbocycles. The highest BCUT2D eigenvalue weighted by Crippen LogP contribution is 2.35. The summed E-state index contributed by atoms with van der Waals surface area (Å²) in [6.45, 7) is 3.68. The van der Waals surface area contributed by atoms with E-state index in [2.05, 4.69) is 27.7 Å². The van der Waals surface area contributed by atoms with Crippen molar-refractivity contribution in [1.29, 1.82) is 0 Å². The lowest BCUT2D eigenvalue weighted by molar-refractivity contribution is 0.215. The number of nitrogens with one attached hydrogen (secondary N) is 2. The molecule has 1 aromatic rings. The van der Waals surface area contributed by atoms with Crippen LogP contribution in [0.4, 0.5) is 10.5 Å². The maximum atomic E-state index is 11.4. The lowest BCUT2D eigenvalue weighted by Crippen LogP contribution is -2.33. The quantitative estimate of drug-likeness (QED) is 0.897. The molecular formula is C17H25N3O. The number of urea groups is 1. The van der Waals surface area contributed by atoms with Crippen LogP contribution in [0.2, 0.25) is 0 Å². The van der Waals surface area contributed by atoms with E-state index in [-0.39, 0.29) is 6.03 Å². The van der Waals surface area contributed by atoms with E-state index in [0.717, 1.165) is 5.69 Å². The number of hydrogen-bond donors (Lipinski definition) is 2. The van der Waals surface area contributed by atoms with Gasteiger partial charge in [-0.05, 0) is 68.0 Å². The molecule has 114 valence electrons. The van der Waals surface area contributed by atoms with Gasteiger partial charge in [0.05, 0.1) is 0 Å². The van der Waals surface area contributed by atoms with Gasteiger partial charge < -0.3 is 15.5 Å². The summed E-state index contributed by atoms with van der Waals surface area (Å²) in [4.78, 5) is 14.1. The van der Waals surface area contributed by atoms with Crippen molar-refractivity contribution in [2.45, 2.75) is 38.0 Å². The Balaban J connectivity index is 1.70. The van der Waals surface area contributed by atoms with E-state index in [4.69, 9.17) is 0 Å². The fourth-order valence-electron chi connectivity index (χ4n) is 3.60. The number of carbonyl (C=O) groups is 1. The van der Waals surface area contributed by atoms with E-state index in [1.54, 1.807) is 7.05 Å². The van der Waals surface area contributed by atoms with Crippen molar-refractivity contribution < 1.29 is 4.79 Å². The Labute approximate surface area is 126 Å². The number of hydrogen-bond acceptors (Lipinski definition) is 2. The molecule has 2 N–H and O–H groups in total. The van der Waals surface area contributed by atoms with Crippen molar-refractivity contribution in [3.05, 3.63) is 29.3 Å². The van der Waals surface area contributed by atoms with Gasteiger partial charge in [-0.15, -0.1) is 0 Å². The molecular weight excluding hydrogens is 262 g/mol. The van der Waals surface area contributed by atoms with Crippen LogP contribution in [0.3, 0.4) is 0 Å². The average Bonchev–Trinajstić information content (AvgIpc) is 2.91. The maximum absolute atomic E-state index is 11.4. The molecule has 1 fully saturated rings. The van der Waals surface area contributed by atoms with Crippen molar-refractivity contribution in [3.8, 4) is 0 Å². The molecule has 2 amide bonds. The van der Waals surface area contributed by atoms with Gasteiger partial charge in [0.25, 0.3) is 0 Å². The zero-order valence-corrected chi connectivity index (χ0v) is 12.8. The highest BCUT2D eigenvalue weighted by atomic mass is 16.2. The van der Waals surface area contributed by atoms with E-state index in [1.807, 2.05) is 6.07 Å². The average molecular weight is 287 g/mol. The lowest BCUT2D eigenvalue weighted by Gasteiger charge is -2.29. The molecule has 21 heavy (non-hydrogen) atoms. The number of aryl methyl sites for hydroxylation is 1. The van der Waals surface area contributed by atoms with Crippen molar-refractivity contribution in [2.24, 2.45) is 0 Å². The molecule has 1 aliphatic carbocycles. The number of rotatable bonds is 3. The minimum absolute atomic E-state index is 0.152. The van der Waals surface area contributed by atoms with Gasteiger partial charge in [0, 0.05) is 19.3 Å². The van der Waals surface area contributed by atoms with Crippen LogP contribution in [-0.4, -0.2) is 37.6 Å². The number of nitrogens with zero attached hydrogens (tertiary/aromatic N) is 1. The Kier molecular flexibility index (Phi) is 4.44. The molecule has 1 unspecified atom stereocenters. The molecule has 0 radical (unpaired) electrons. The second-order valence-corrected chi connectivity index (χ2v) is 6.21. The summed E-state index contributed by atoms with van der Waals surface area (Å²) in [5.74, 6) is 0.629. The number of amides is 2. The molecule has 1 aromatic carbocycles. The van der Waals surface area contributed by atoms with Crippen molar-refractivity contribution in [1.82, 2.24) is 10.2 Å².